The fourth-order valence-electron chi connectivity index (χ4n) is 3.24. The molecule has 1 aliphatic heterocycles. The number of ether oxygens (including phenoxy) is 2. The van der Waals surface area contributed by atoms with Crippen LogP contribution in [-0.4, -0.2) is 50.0 Å². The monoisotopic (exact) mass is 385 g/mol. The van der Waals surface area contributed by atoms with Gasteiger partial charge in [0.15, 0.2) is 5.11 Å². The summed E-state index contributed by atoms with van der Waals surface area (Å²) in [4.78, 5) is 2.44. The van der Waals surface area contributed by atoms with Crippen LogP contribution in [0.4, 0.5) is 5.69 Å². The maximum atomic E-state index is 5.52. The summed E-state index contributed by atoms with van der Waals surface area (Å²) in [6.07, 6.45) is 0. The zero-order valence-electron chi connectivity index (χ0n) is 15.9. The first-order chi connectivity index (χ1) is 13.2. The number of methoxy groups -OCH3 is 1. The van der Waals surface area contributed by atoms with Gasteiger partial charge in [0.2, 0.25) is 0 Å². The zero-order chi connectivity index (χ0) is 19.1. The van der Waals surface area contributed by atoms with Gasteiger partial charge in [-0.3, -0.25) is 4.90 Å². The third-order valence-electron chi connectivity index (χ3n) is 4.84. The highest BCUT2D eigenvalue weighted by molar-refractivity contribution is 7.80. The van der Waals surface area contributed by atoms with E-state index >= 15 is 0 Å². The molecule has 2 aromatic rings. The van der Waals surface area contributed by atoms with Crippen LogP contribution in [-0.2, 0) is 4.74 Å². The Morgan fingerprint density at radius 3 is 2.52 bits per heavy atom. The smallest absolute Gasteiger partial charge is 0.170 e. The average Bonchev–Trinajstić information content (AvgIpc) is 2.71. The molecular weight excluding hydrogens is 358 g/mol. The second-order valence-corrected chi connectivity index (χ2v) is 7.00. The van der Waals surface area contributed by atoms with Crippen molar-refractivity contribution in [2.45, 2.75) is 13.0 Å². The Morgan fingerprint density at radius 2 is 1.85 bits per heavy atom. The van der Waals surface area contributed by atoms with E-state index in [1.807, 2.05) is 30.3 Å². The van der Waals surface area contributed by atoms with E-state index < -0.39 is 0 Å². The van der Waals surface area contributed by atoms with E-state index in [0.717, 1.165) is 44.3 Å². The minimum Gasteiger partial charge on any atom is -0.497 e. The van der Waals surface area contributed by atoms with Gasteiger partial charge in [-0.15, -0.1) is 0 Å². The van der Waals surface area contributed by atoms with Crippen LogP contribution in [0, 0.1) is 6.92 Å². The van der Waals surface area contributed by atoms with Crippen LogP contribution >= 0.6 is 12.2 Å². The zero-order valence-corrected chi connectivity index (χ0v) is 16.7. The van der Waals surface area contributed by atoms with Crippen molar-refractivity contribution >= 4 is 23.0 Å². The van der Waals surface area contributed by atoms with E-state index in [1.165, 1.54) is 11.1 Å². The number of rotatable bonds is 6. The number of nitrogens with zero attached hydrogens (tertiary/aromatic N) is 1. The molecule has 1 heterocycles. The summed E-state index contributed by atoms with van der Waals surface area (Å²) in [7, 11) is 1.69. The van der Waals surface area contributed by atoms with E-state index in [9.17, 15) is 0 Å². The van der Waals surface area contributed by atoms with E-state index in [2.05, 4.69) is 40.7 Å². The Kier molecular flexibility index (Phi) is 7.04. The number of morpholine rings is 1. The Bertz CT molecular complexity index is 745. The Hall–Kier alpha value is -2.15. The standard InChI is InChI=1S/C21H27N3O2S/c1-16-5-3-4-6-19(16)23-21(27)22-15-20(24-11-13-26-14-12-24)17-7-9-18(25-2)10-8-17/h3-10,20H,11-15H2,1-2H3,(H2,22,23,27). The summed E-state index contributed by atoms with van der Waals surface area (Å²) in [5, 5.41) is 7.32. The molecule has 3 rings (SSSR count). The molecule has 1 aliphatic rings. The molecule has 5 nitrogen and oxygen atoms in total. The molecule has 1 saturated heterocycles. The first-order valence-electron chi connectivity index (χ1n) is 9.23. The van der Waals surface area contributed by atoms with Crippen LogP contribution in [0.5, 0.6) is 5.75 Å². The summed E-state index contributed by atoms with van der Waals surface area (Å²) >= 11 is 5.52. The van der Waals surface area contributed by atoms with Gasteiger partial charge in [-0.1, -0.05) is 30.3 Å². The highest BCUT2D eigenvalue weighted by Crippen LogP contribution is 2.24. The number of nitrogens with one attached hydrogen (secondary N) is 2. The molecule has 6 heteroatoms. The van der Waals surface area contributed by atoms with Crippen molar-refractivity contribution in [3.8, 4) is 5.75 Å². The third-order valence-corrected chi connectivity index (χ3v) is 5.08. The van der Waals surface area contributed by atoms with Crippen molar-refractivity contribution in [3.05, 3.63) is 59.7 Å². The van der Waals surface area contributed by atoms with Gasteiger partial charge in [0.05, 0.1) is 26.4 Å². The highest BCUT2D eigenvalue weighted by Gasteiger charge is 2.23. The molecule has 144 valence electrons. The summed E-state index contributed by atoms with van der Waals surface area (Å²) < 4.78 is 10.8. The molecule has 1 fully saturated rings. The van der Waals surface area contributed by atoms with Crippen LogP contribution in [0.2, 0.25) is 0 Å². The molecular formula is C21H27N3O2S. The van der Waals surface area contributed by atoms with Gasteiger partial charge in [-0.05, 0) is 48.5 Å². The van der Waals surface area contributed by atoms with Crippen molar-refractivity contribution in [1.82, 2.24) is 10.2 Å². The lowest BCUT2D eigenvalue weighted by atomic mass is 10.0. The molecule has 27 heavy (non-hydrogen) atoms. The molecule has 2 N–H and O–H groups in total. The van der Waals surface area contributed by atoms with Gasteiger partial charge in [-0.25, -0.2) is 0 Å². The van der Waals surface area contributed by atoms with Crippen molar-refractivity contribution in [2.75, 3.05) is 45.3 Å². The SMILES string of the molecule is COc1ccc(C(CNC(=S)Nc2ccccc2C)N2CCOCC2)cc1. The molecule has 0 aromatic heterocycles. The molecule has 0 spiro atoms. The van der Waals surface area contributed by atoms with Crippen molar-refractivity contribution in [2.24, 2.45) is 0 Å². The predicted molar refractivity (Wildman–Crippen MR) is 114 cm³/mol. The highest BCUT2D eigenvalue weighted by atomic mass is 32.1. The number of aryl methyl sites for hydroxylation is 1. The molecule has 0 saturated carbocycles. The molecule has 1 atom stereocenters. The maximum absolute atomic E-state index is 5.52. The number of anilines is 1. The van der Waals surface area contributed by atoms with Gasteiger partial charge in [0.25, 0.3) is 0 Å². The van der Waals surface area contributed by atoms with Gasteiger partial charge in [-0.2, -0.15) is 0 Å². The largest absolute Gasteiger partial charge is 0.497 e. The third kappa shape index (κ3) is 5.42. The lowest BCUT2D eigenvalue weighted by Crippen LogP contribution is -2.44. The predicted octanol–water partition coefficient (Wildman–Crippen LogP) is 3.36. The minimum absolute atomic E-state index is 0.219. The lowest BCUT2D eigenvalue weighted by molar-refractivity contribution is 0.0170. The van der Waals surface area contributed by atoms with Crippen molar-refractivity contribution in [1.29, 1.82) is 0 Å². The lowest BCUT2D eigenvalue weighted by Gasteiger charge is -2.35. The fraction of sp³-hybridized carbons (Fsp3) is 0.381. The summed E-state index contributed by atoms with van der Waals surface area (Å²) in [5.41, 5.74) is 3.44. The van der Waals surface area contributed by atoms with Crippen LogP contribution in [0.1, 0.15) is 17.2 Å². The van der Waals surface area contributed by atoms with Crippen LogP contribution in [0.3, 0.4) is 0 Å². The van der Waals surface area contributed by atoms with Gasteiger partial charge in [0, 0.05) is 25.3 Å². The van der Waals surface area contributed by atoms with E-state index in [4.69, 9.17) is 21.7 Å². The molecule has 0 amide bonds. The Balaban J connectivity index is 1.67. The summed E-state index contributed by atoms with van der Waals surface area (Å²) in [5.74, 6) is 0.865. The first kappa shape index (κ1) is 19.6. The average molecular weight is 386 g/mol. The van der Waals surface area contributed by atoms with Gasteiger partial charge < -0.3 is 20.1 Å². The quantitative estimate of drug-likeness (QED) is 0.744. The number of hydrogen-bond donors (Lipinski definition) is 2. The van der Waals surface area contributed by atoms with E-state index in [1.54, 1.807) is 7.11 Å². The second kappa shape index (κ2) is 9.69. The molecule has 0 radical (unpaired) electrons. The topological polar surface area (TPSA) is 45.8 Å². The Labute approximate surface area is 166 Å². The molecule has 1 unspecified atom stereocenters. The Morgan fingerprint density at radius 1 is 1.15 bits per heavy atom. The van der Waals surface area contributed by atoms with Crippen LogP contribution < -0.4 is 15.4 Å². The van der Waals surface area contributed by atoms with Crippen LogP contribution in [0.25, 0.3) is 0 Å². The van der Waals surface area contributed by atoms with Gasteiger partial charge >= 0.3 is 0 Å². The molecule has 0 aliphatic carbocycles. The summed E-state index contributed by atoms with van der Waals surface area (Å²) in [6, 6.07) is 16.6. The summed E-state index contributed by atoms with van der Waals surface area (Å²) in [6.45, 7) is 6.15. The maximum Gasteiger partial charge on any atom is 0.170 e. The van der Waals surface area contributed by atoms with Gasteiger partial charge in [0.1, 0.15) is 5.75 Å². The van der Waals surface area contributed by atoms with E-state index in [0.29, 0.717) is 5.11 Å². The number of thiocarbonyl (C=S) groups is 1. The van der Waals surface area contributed by atoms with Crippen molar-refractivity contribution < 1.29 is 9.47 Å². The van der Waals surface area contributed by atoms with Crippen molar-refractivity contribution in [3.63, 3.8) is 0 Å². The number of hydrogen-bond acceptors (Lipinski definition) is 4. The number of para-hydroxylation sites is 1. The molecule has 0 bridgehead atoms. The minimum atomic E-state index is 0.219. The molecule has 2 aromatic carbocycles. The normalized spacial score (nSPS) is 15.8. The fourth-order valence-corrected chi connectivity index (χ4v) is 3.44. The van der Waals surface area contributed by atoms with Crippen LogP contribution in [0.15, 0.2) is 48.5 Å². The van der Waals surface area contributed by atoms with E-state index in [-0.39, 0.29) is 6.04 Å². The first-order valence-corrected chi connectivity index (χ1v) is 9.64. The number of benzene rings is 2. The second-order valence-electron chi connectivity index (χ2n) is 6.59.